The van der Waals surface area contributed by atoms with Gasteiger partial charge in [-0.25, -0.2) is 4.98 Å². The second-order valence-electron chi connectivity index (χ2n) is 6.64. The first-order chi connectivity index (χ1) is 13.5. The molecule has 0 bridgehead atoms. The third-order valence-corrected chi connectivity index (χ3v) is 4.25. The van der Waals surface area contributed by atoms with Crippen LogP contribution in [0.25, 0.3) is 0 Å². The zero-order valence-corrected chi connectivity index (χ0v) is 16.5. The number of amides is 1. The highest BCUT2D eigenvalue weighted by atomic mass is 35.5. The molecule has 2 N–H and O–H groups in total. The Morgan fingerprint density at radius 3 is 2.29 bits per heavy atom. The van der Waals surface area contributed by atoms with Crippen LogP contribution in [0.15, 0.2) is 66.9 Å². The van der Waals surface area contributed by atoms with Crippen molar-refractivity contribution in [3.63, 3.8) is 0 Å². The molecule has 5 nitrogen and oxygen atoms in total. The average molecular weight is 396 g/mol. The number of pyridine rings is 1. The Bertz CT molecular complexity index is 908. The van der Waals surface area contributed by atoms with Crippen LogP contribution in [0.5, 0.6) is 5.75 Å². The molecule has 1 heterocycles. The van der Waals surface area contributed by atoms with Gasteiger partial charge in [-0.2, -0.15) is 0 Å². The summed E-state index contributed by atoms with van der Waals surface area (Å²) in [5, 5.41) is 6.75. The standard InChI is InChI=1S/C22H22ClN3O2/c1-15(2)22(27)26-19-9-12-21(24-13-19)25-18-7-10-20(11-8-18)28-14-16-3-5-17(23)6-4-16/h3-13,15H,14H2,1-2H3,(H,24,25)(H,26,27). The number of rotatable bonds is 7. The maximum atomic E-state index is 11.7. The Balaban J connectivity index is 1.53. The molecule has 1 aromatic heterocycles. The van der Waals surface area contributed by atoms with Crippen molar-refractivity contribution in [1.82, 2.24) is 4.98 Å². The number of nitrogens with zero attached hydrogens (tertiary/aromatic N) is 1. The van der Waals surface area contributed by atoms with E-state index >= 15 is 0 Å². The van der Waals surface area contributed by atoms with Gasteiger partial charge in [0.15, 0.2) is 0 Å². The highest BCUT2D eigenvalue weighted by molar-refractivity contribution is 6.30. The van der Waals surface area contributed by atoms with E-state index in [4.69, 9.17) is 16.3 Å². The summed E-state index contributed by atoms with van der Waals surface area (Å²) in [6.45, 7) is 4.18. The van der Waals surface area contributed by atoms with Crippen molar-refractivity contribution in [3.05, 3.63) is 77.4 Å². The number of hydrogen-bond donors (Lipinski definition) is 2. The quantitative estimate of drug-likeness (QED) is 0.542. The Hall–Kier alpha value is -3.05. The van der Waals surface area contributed by atoms with E-state index in [1.807, 2.05) is 74.5 Å². The maximum Gasteiger partial charge on any atom is 0.226 e. The largest absolute Gasteiger partial charge is 0.489 e. The van der Waals surface area contributed by atoms with Gasteiger partial charge in [-0.15, -0.1) is 0 Å². The second kappa shape index (κ2) is 9.24. The van der Waals surface area contributed by atoms with Gasteiger partial charge < -0.3 is 15.4 Å². The molecule has 1 amide bonds. The maximum absolute atomic E-state index is 11.7. The minimum atomic E-state index is -0.0711. The van der Waals surface area contributed by atoms with Gasteiger partial charge in [-0.1, -0.05) is 37.6 Å². The Morgan fingerprint density at radius 1 is 1.00 bits per heavy atom. The van der Waals surface area contributed by atoms with Crippen LogP contribution >= 0.6 is 11.6 Å². The molecule has 0 aliphatic carbocycles. The molecule has 0 fully saturated rings. The number of aromatic nitrogens is 1. The predicted molar refractivity (Wildman–Crippen MR) is 113 cm³/mol. The van der Waals surface area contributed by atoms with Crippen molar-refractivity contribution in [1.29, 1.82) is 0 Å². The molecule has 144 valence electrons. The number of nitrogens with one attached hydrogen (secondary N) is 2. The third-order valence-electron chi connectivity index (χ3n) is 4.00. The fraction of sp³-hybridized carbons (Fsp3) is 0.182. The molecule has 0 saturated carbocycles. The van der Waals surface area contributed by atoms with Crippen LogP contribution in [0.4, 0.5) is 17.2 Å². The van der Waals surface area contributed by atoms with Crippen LogP contribution < -0.4 is 15.4 Å². The molecule has 3 aromatic rings. The first-order valence-electron chi connectivity index (χ1n) is 9.01. The van der Waals surface area contributed by atoms with Crippen LogP contribution in [-0.2, 0) is 11.4 Å². The number of benzene rings is 2. The highest BCUT2D eigenvalue weighted by Gasteiger charge is 2.07. The van der Waals surface area contributed by atoms with Crippen molar-refractivity contribution < 1.29 is 9.53 Å². The Morgan fingerprint density at radius 2 is 1.68 bits per heavy atom. The number of carbonyl (C=O) groups excluding carboxylic acids is 1. The summed E-state index contributed by atoms with van der Waals surface area (Å²) >= 11 is 5.88. The minimum Gasteiger partial charge on any atom is -0.489 e. The Labute approximate surface area is 169 Å². The van der Waals surface area contributed by atoms with Gasteiger partial charge >= 0.3 is 0 Å². The monoisotopic (exact) mass is 395 g/mol. The average Bonchev–Trinajstić information content (AvgIpc) is 2.70. The molecule has 0 spiro atoms. The summed E-state index contributed by atoms with van der Waals surface area (Å²) in [5.41, 5.74) is 2.63. The van der Waals surface area contributed by atoms with Gasteiger partial charge in [0.2, 0.25) is 5.91 Å². The third kappa shape index (κ3) is 5.72. The lowest BCUT2D eigenvalue weighted by atomic mass is 10.2. The van der Waals surface area contributed by atoms with Crippen LogP contribution in [0.2, 0.25) is 5.02 Å². The number of hydrogen-bond acceptors (Lipinski definition) is 4. The van der Waals surface area contributed by atoms with Gasteiger partial charge in [0, 0.05) is 16.6 Å². The van der Waals surface area contributed by atoms with Crippen LogP contribution in [-0.4, -0.2) is 10.9 Å². The molecule has 0 unspecified atom stereocenters. The lowest BCUT2D eigenvalue weighted by Crippen LogP contribution is -2.17. The Kier molecular flexibility index (Phi) is 6.50. The molecule has 0 radical (unpaired) electrons. The van der Waals surface area contributed by atoms with Crippen molar-refractivity contribution in [2.75, 3.05) is 10.6 Å². The predicted octanol–water partition coefficient (Wildman–Crippen LogP) is 5.65. The summed E-state index contributed by atoms with van der Waals surface area (Å²) in [5.74, 6) is 1.37. The fourth-order valence-electron chi connectivity index (χ4n) is 2.36. The van der Waals surface area contributed by atoms with Gasteiger partial charge in [-0.05, 0) is 54.1 Å². The number of halogens is 1. The molecule has 0 atom stereocenters. The van der Waals surface area contributed by atoms with E-state index < -0.39 is 0 Å². The van der Waals surface area contributed by atoms with E-state index in [9.17, 15) is 4.79 Å². The molecule has 28 heavy (non-hydrogen) atoms. The lowest BCUT2D eigenvalue weighted by Gasteiger charge is -2.10. The van der Waals surface area contributed by atoms with E-state index in [2.05, 4.69) is 15.6 Å². The van der Waals surface area contributed by atoms with E-state index in [1.54, 1.807) is 6.20 Å². The van der Waals surface area contributed by atoms with Crippen molar-refractivity contribution >= 4 is 34.7 Å². The zero-order chi connectivity index (χ0) is 19.9. The number of ether oxygens (including phenoxy) is 1. The molecule has 6 heteroatoms. The normalized spacial score (nSPS) is 10.6. The fourth-order valence-corrected chi connectivity index (χ4v) is 2.48. The molecule has 0 aliphatic heterocycles. The van der Waals surface area contributed by atoms with Gasteiger partial charge in [0.05, 0.1) is 11.9 Å². The molecule has 3 rings (SSSR count). The first-order valence-corrected chi connectivity index (χ1v) is 9.38. The van der Waals surface area contributed by atoms with Gasteiger partial charge in [0.1, 0.15) is 18.2 Å². The SMILES string of the molecule is CC(C)C(=O)Nc1ccc(Nc2ccc(OCc3ccc(Cl)cc3)cc2)nc1. The first kappa shape index (κ1) is 19.7. The molecule has 0 aliphatic rings. The topological polar surface area (TPSA) is 63.2 Å². The van der Waals surface area contributed by atoms with E-state index in [0.717, 1.165) is 17.0 Å². The van der Waals surface area contributed by atoms with Crippen LogP contribution in [0.3, 0.4) is 0 Å². The molecular weight excluding hydrogens is 374 g/mol. The minimum absolute atomic E-state index is 0.0308. The molecular formula is C22H22ClN3O2. The molecule has 2 aromatic carbocycles. The zero-order valence-electron chi connectivity index (χ0n) is 15.8. The van der Waals surface area contributed by atoms with E-state index in [0.29, 0.717) is 23.1 Å². The summed E-state index contributed by atoms with van der Waals surface area (Å²) in [6, 6.07) is 18.9. The van der Waals surface area contributed by atoms with Crippen molar-refractivity contribution in [2.24, 2.45) is 5.92 Å². The summed E-state index contributed by atoms with van der Waals surface area (Å²) in [4.78, 5) is 16.0. The van der Waals surface area contributed by atoms with E-state index in [1.165, 1.54) is 0 Å². The number of carbonyl (C=O) groups is 1. The van der Waals surface area contributed by atoms with Crippen molar-refractivity contribution in [3.8, 4) is 5.75 Å². The van der Waals surface area contributed by atoms with Crippen LogP contribution in [0, 0.1) is 5.92 Å². The summed E-state index contributed by atoms with van der Waals surface area (Å²) in [6.07, 6.45) is 1.63. The second-order valence-corrected chi connectivity index (χ2v) is 7.08. The summed E-state index contributed by atoms with van der Waals surface area (Å²) in [7, 11) is 0. The smallest absolute Gasteiger partial charge is 0.226 e. The van der Waals surface area contributed by atoms with Crippen molar-refractivity contribution in [2.45, 2.75) is 20.5 Å². The summed E-state index contributed by atoms with van der Waals surface area (Å²) < 4.78 is 5.78. The number of anilines is 3. The highest BCUT2D eigenvalue weighted by Crippen LogP contribution is 2.21. The van der Waals surface area contributed by atoms with Crippen LogP contribution in [0.1, 0.15) is 19.4 Å². The van der Waals surface area contributed by atoms with E-state index in [-0.39, 0.29) is 11.8 Å². The van der Waals surface area contributed by atoms with Gasteiger partial charge in [-0.3, -0.25) is 4.79 Å². The lowest BCUT2D eigenvalue weighted by molar-refractivity contribution is -0.118. The van der Waals surface area contributed by atoms with Gasteiger partial charge in [0.25, 0.3) is 0 Å². The molecule has 0 saturated heterocycles.